The molecule has 3 heteroatoms. The number of amides is 1. The second-order valence-corrected chi connectivity index (χ2v) is 5.04. The summed E-state index contributed by atoms with van der Waals surface area (Å²) in [5.41, 5.74) is 1.14. The van der Waals surface area contributed by atoms with Crippen molar-refractivity contribution < 1.29 is 9.59 Å². The molecule has 0 saturated carbocycles. The van der Waals surface area contributed by atoms with E-state index in [-0.39, 0.29) is 5.91 Å². The lowest BCUT2D eigenvalue weighted by atomic mass is 10.1. The third-order valence-corrected chi connectivity index (χ3v) is 3.04. The lowest BCUT2D eigenvalue weighted by Crippen LogP contribution is -2.32. The second kappa shape index (κ2) is 16.7. The molecule has 0 aromatic heterocycles. The minimum atomic E-state index is 0.0115. The number of hydrogen-bond acceptors (Lipinski definition) is 2. The molecule has 0 saturated heterocycles. The number of benzene rings is 1. The summed E-state index contributed by atoms with van der Waals surface area (Å²) >= 11 is 0. The van der Waals surface area contributed by atoms with Gasteiger partial charge in [-0.05, 0) is 25.0 Å². The molecule has 0 radical (unpaired) electrons. The smallest absolute Gasteiger partial charge is 0.253 e. The standard InChI is InChI=1S/C14H19NO2.C4H10.C2H6/c1-3-8-15(9-4-2)14(17)13-7-5-6-12(10-13)11-16;1-3-4-2;1-2/h5-7,10-11H,3-4,8-9H2,1-2H3;3-4H2,1-2H3;1-2H3. The molecule has 1 rings (SSSR count). The first-order chi connectivity index (χ1) is 11.1. The Labute approximate surface area is 143 Å². The third kappa shape index (κ3) is 10.7. The quantitative estimate of drug-likeness (QED) is 0.613. The molecule has 0 aliphatic rings. The van der Waals surface area contributed by atoms with Crippen LogP contribution in [-0.2, 0) is 0 Å². The summed E-state index contributed by atoms with van der Waals surface area (Å²) in [7, 11) is 0. The molecule has 1 aromatic carbocycles. The molecule has 0 atom stereocenters. The average Bonchev–Trinajstić information content (AvgIpc) is 2.62. The van der Waals surface area contributed by atoms with Crippen molar-refractivity contribution in [3.05, 3.63) is 35.4 Å². The van der Waals surface area contributed by atoms with Crippen LogP contribution in [0.15, 0.2) is 24.3 Å². The van der Waals surface area contributed by atoms with Crippen molar-refractivity contribution in [1.82, 2.24) is 4.90 Å². The summed E-state index contributed by atoms with van der Waals surface area (Å²) in [6.45, 7) is 14.0. The summed E-state index contributed by atoms with van der Waals surface area (Å²) in [5.74, 6) is 0.0115. The number of unbranched alkanes of at least 4 members (excludes halogenated alkanes) is 1. The molecular weight excluding hydrogens is 286 g/mol. The van der Waals surface area contributed by atoms with Crippen LogP contribution in [0.1, 0.15) is 87.9 Å². The molecule has 0 aliphatic heterocycles. The van der Waals surface area contributed by atoms with Crippen molar-refractivity contribution in [2.45, 2.75) is 67.2 Å². The van der Waals surface area contributed by atoms with Crippen LogP contribution >= 0.6 is 0 Å². The van der Waals surface area contributed by atoms with Crippen LogP contribution in [0.2, 0.25) is 0 Å². The number of carbonyl (C=O) groups is 2. The van der Waals surface area contributed by atoms with Crippen molar-refractivity contribution in [3.8, 4) is 0 Å². The zero-order valence-corrected chi connectivity index (χ0v) is 15.9. The van der Waals surface area contributed by atoms with E-state index in [0.717, 1.165) is 32.2 Å². The average molecular weight is 322 g/mol. The molecule has 0 spiro atoms. The first kappa shape index (κ1) is 23.6. The van der Waals surface area contributed by atoms with Gasteiger partial charge in [-0.2, -0.15) is 0 Å². The molecule has 1 aromatic rings. The zero-order chi connectivity index (χ0) is 18.1. The van der Waals surface area contributed by atoms with Crippen LogP contribution in [-0.4, -0.2) is 30.2 Å². The minimum absolute atomic E-state index is 0.0115. The fourth-order valence-corrected chi connectivity index (χ4v) is 1.78. The Morgan fingerprint density at radius 3 is 1.87 bits per heavy atom. The highest BCUT2D eigenvalue weighted by atomic mass is 16.2. The fourth-order valence-electron chi connectivity index (χ4n) is 1.78. The van der Waals surface area contributed by atoms with E-state index in [2.05, 4.69) is 27.7 Å². The van der Waals surface area contributed by atoms with Crippen molar-refractivity contribution in [1.29, 1.82) is 0 Å². The Bertz CT molecular complexity index is 408. The summed E-state index contributed by atoms with van der Waals surface area (Å²) in [6, 6.07) is 6.85. The van der Waals surface area contributed by atoms with Gasteiger partial charge >= 0.3 is 0 Å². The molecule has 1 amide bonds. The van der Waals surface area contributed by atoms with Crippen molar-refractivity contribution in [2.24, 2.45) is 0 Å². The fraction of sp³-hybridized carbons (Fsp3) is 0.600. The highest BCUT2D eigenvalue weighted by molar-refractivity contribution is 5.95. The molecule has 0 bridgehead atoms. The van der Waals surface area contributed by atoms with E-state index in [1.54, 1.807) is 24.3 Å². The van der Waals surface area contributed by atoms with Crippen LogP contribution in [0.25, 0.3) is 0 Å². The number of carbonyl (C=O) groups excluding carboxylic acids is 2. The monoisotopic (exact) mass is 321 g/mol. The van der Waals surface area contributed by atoms with Gasteiger partial charge in [0.2, 0.25) is 0 Å². The summed E-state index contributed by atoms with van der Waals surface area (Å²) in [5, 5.41) is 0. The molecular formula is C20H35NO2. The number of nitrogens with zero attached hydrogens (tertiary/aromatic N) is 1. The summed E-state index contributed by atoms with van der Waals surface area (Å²) < 4.78 is 0. The highest BCUT2D eigenvalue weighted by Crippen LogP contribution is 2.08. The molecule has 0 fully saturated rings. The molecule has 0 unspecified atom stereocenters. The molecule has 23 heavy (non-hydrogen) atoms. The normalized spacial score (nSPS) is 8.96. The van der Waals surface area contributed by atoms with E-state index in [1.165, 1.54) is 12.8 Å². The Balaban J connectivity index is 0. The van der Waals surface area contributed by atoms with Crippen LogP contribution < -0.4 is 0 Å². The van der Waals surface area contributed by atoms with Crippen LogP contribution in [0, 0.1) is 0 Å². The Kier molecular flexibility index (Phi) is 17.2. The van der Waals surface area contributed by atoms with Crippen LogP contribution in [0.4, 0.5) is 0 Å². The lowest BCUT2D eigenvalue weighted by molar-refractivity contribution is 0.0755. The maximum Gasteiger partial charge on any atom is 0.253 e. The van der Waals surface area contributed by atoms with E-state index >= 15 is 0 Å². The number of aldehydes is 1. The largest absolute Gasteiger partial charge is 0.339 e. The molecule has 0 aliphatic carbocycles. The van der Waals surface area contributed by atoms with Gasteiger partial charge in [0.15, 0.2) is 0 Å². The van der Waals surface area contributed by atoms with Gasteiger partial charge in [-0.1, -0.05) is 66.5 Å². The zero-order valence-electron chi connectivity index (χ0n) is 15.9. The van der Waals surface area contributed by atoms with E-state index in [1.807, 2.05) is 18.7 Å². The summed E-state index contributed by atoms with van der Waals surface area (Å²) in [4.78, 5) is 24.7. The van der Waals surface area contributed by atoms with Gasteiger partial charge in [0.05, 0.1) is 0 Å². The van der Waals surface area contributed by atoms with Gasteiger partial charge in [0.25, 0.3) is 5.91 Å². The lowest BCUT2D eigenvalue weighted by Gasteiger charge is -2.21. The summed E-state index contributed by atoms with van der Waals surface area (Å²) in [6.07, 6.45) is 5.29. The SMILES string of the molecule is CC.CCCC.CCCN(CCC)C(=O)c1cccc(C=O)c1. The predicted molar refractivity (Wildman–Crippen MR) is 100 cm³/mol. The van der Waals surface area contributed by atoms with Gasteiger partial charge in [-0.3, -0.25) is 9.59 Å². The van der Waals surface area contributed by atoms with Gasteiger partial charge < -0.3 is 4.90 Å². The van der Waals surface area contributed by atoms with E-state index in [9.17, 15) is 9.59 Å². The number of hydrogen-bond donors (Lipinski definition) is 0. The molecule has 0 heterocycles. The Morgan fingerprint density at radius 2 is 1.48 bits per heavy atom. The topological polar surface area (TPSA) is 37.4 Å². The van der Waals surface area contributed by atoms with Gasteiger partial charge in [-0.25, -0.2) is 0 Å². The van der Waals surface area contributed by atoms with Crippen molar-refractivity contribution in [3.63, 3.8) is 0 Å². The molecule has 3 nitrogen and oxygen atoms in total. The van der Waals surface area contributed by atoms with Crippen LogP contribution in [0.5, 0.6) is 0 Å². The maximum atomic E-state index is 12.2. The highest BCUT2D eigenvalue weighted by Gasteiger charge is 2.14. The van der Waals surface area contributed by atoms with Crippen molar-refractivity contribution >= 4 is 12.2 Å². The van der Waals surface area contributed by atoms with E-state index in [4.69, 9.17) is 0 Å². The maximum absolute atomic E-state index is 12.2. The van der Waals surface area contributed by atoms with Crippen LogP contribution in [0.3, 0.4) is 0 Å². The molecule has 132 valence electrons. The van der Waals surface area contributed by atoms with Crippen molar-refractivity contribution in [2.75, 3.05) is 13.1 Å². The second-order valence-electron chi connectivity index (χ2n) is 5.04. The molecule has 0 N–H and O–H groups in total. The Hall–Kier alpha value is -1.64. The first-order valence-corrected chi connectivity index (χ1v) is 8.98. The first-order valence-electron chi connectivity index (χ1n) is 8.98. The Morgan fingerprint density at radius 1 is 0.957 bits per heavy atom. The van der Waals surface area contributed by atoms with Gasteiger partial charge in [-0.15, -0.1) is 0 Å². The van der Waals surface area contributed by atoms with Gasteiger partial charge in [0, 0.05) is 24.2 Å². The van der Waals surface area contributed by atoms with E-state index < -0.39 is 0 Å². The van der Waals surface area contributed by atoms with Gasteiger partial charge in [0.1, 0.15) is 6.29 Å². The third-order valence-electron chi connectivity index (χ3n) is 3.04. The minimum Gasteiger partial charge on any atom is -0.339 e. The number of rotatable bonds is 7. The van der Waals surface area contributed by atoms with E-state index in [0.29, 0.717) is 11.1 Å². The predicted octanol–water partition coefficient (Wildman–Crippen LogP) is 5.59.